The first-order chi connectivity index (χ1) is 21.4. The van der Waals surface area contributed by atoms with Gasteiger partial charge >= 0.3 is 5.97 Å². The van der Waals surface area contributed by atoms with Crippen molar-refractivity contribution in [1.29, 1.82) is 0 Å². The maximum atomic E-state index is 13.6. The summed E-state index contributed by atoms with van der Waals surface area (Å²) in [6.07, 6.45) is 11.1. The van der Waals surface area contributed by atoms with E-state index in [1.165, 1.54) is 33.3 Å². The molecule has 2 atom stereocenters. The van der Waals surface area contributed by atoms with Crippen molar-refractivity contribution < 1.29 is 14.3 Å². The summed E-state index contributed by atoms with van der Waals surface area (Å²) in [5.41, 5.74) is 8.66. The molecular weight excluding hydrogens is 556 g/mol. The summed E-state index contributed by atoms with van der Waals surface area (Å²) in [5, 5.41) is 2.24. The highest BCUT2D eigenvalue weighted by Gasteiger charge is 2.41. The minimum absolute atomic E-state index is 0.0752. The van der Waals surface area contributed by atoms with Gasteiger partial charge in [0, 0.05) is 42.8 Å². The molecule has 0 amide bonds. The second-order valence-electron chi connectivity index (χ2n) is 14.0. The minimum atomic E-state index is -0.267. The van der Waals surface area contributed by atoms with Crippen molar-refractivity contribution in [1.82, 2.24) is 9.48 Å². The minimum Gasteiger partial charge on any atom is -0.484 e. The molecule has 0 radical (unpaired) electrons. The molecule has 0 saturated heterocycles. The predicted octanol–water partition coefficient (Wildman–Crippen LogP) is 6.81. The monoisotopic (exact) mass is 605 g/mol. The number of carbonyl (C=O) groups excluding carboxylic acids is 1. The van der Waals surface area contributed by atoms with Gasteiger partial charge in [0.15, 0.2) is 5.54 Å². The van der Waals surface area contributed by atoms with Gasteiger partial charge in [0.25, 0.3) is 0 Å². The van der Waals surface area contributed by atoms with Crippen LogP contribution < -0.4 is 19.9 Å². The predicted molar refractivity (Wildman–Crippen MR) is 184 cm³/mol. The average Bonchev–Trinajstić information content (AvgIpc) is 2.98. The lowest BCUT2D eigenvalue weighted by Crippen LogP contribution is -2.50. The van der Waals surface area contributed by atoms with Crippen LogP contribution in [0.15, 0.2) is 77.5 Å². The summed E-state index contributed by atoms with van der Waals surface area (Å²) in [6, 6.07) is 12.5. The van der Waals surface area contributed by atoms with Gasteiger partial charge in [-0.05, 0) is 100 Å². The molecule has 0 aromatic heterocycles. The number of nitrogens with zero attached hydrogens (tertiary/aromatic N) is 2. The van der Waals surface area contributed by atoms with E-state index in [4.69, 9.17) is 9.47 Å². The summed E-state index contributed by atoms with van der Waals surface area (Å²) < 4.78 is 15.3. The third kappa shape index (κ3) is 5.18. The molecule has 5 heteroatoms. The van der Waals surface area contributed by atoms with Crippen LogP contribution in [0.4, 0.5) is 0 Å². The SMILES string of the molecule is CCCCOC(=O)c1ccccc1C1=c2cc3c(cc2OC2C=C4C(=CC12)C(C)=CC(C)(C)N4CC)=[N+](CC)C(C)(C)C=C3C. The van der Waals surface area contributed by atoms with Crippen LogP contribution in [0.2, 0.25) is 0 Å². The standard InChI is InChI=1S/C40H49N2O3/c1-10-13-18-44-38(43)28-17-15-14-16-27(28)37-31-19-29-25(4)23-39(6,7)41(11-2)33(29)21-35(31)45-36-22-34-30(20-32(36)37)26(5)24-40(8,9)42(34)12-3/h14-17,19-24,31,35H,10-13,18H2,1-9H3/q+1. The molecule has 3 aliphatic heterocycles. The molecule has 6 rings (SSSR count). The zero-order chi connectivity index (χ0) is 32.3. The van der Waals surface area contributed by atoms with Crippen molar-refractivity contribution in [3.63, 3.8) is 0 Å². The molecule has 1 aliphatic carbocycles. The van der Waals surface area contributed by atoms with Gasteiger partial charge in [-0.2, -0.15) is 0 Å². The third-order valence-corrected chi connectivity index (χ3v) is 10.0. The van der Waals surface area contributed by atoms with E-state index in [0.29, 0.717) is 12.2 Å². The van der Waals surface area contributed by atoms with Gasteiger partial charge in [-0.1, -0.05) is 43.7 Å². The van der Waals surface area contributed by atoms with Crippen LogP contribution in [0.5, 0.6) is 5.75 Å². The molecule has 0 bridgehead atoms. The Morgan fingerprint density at radius 3 is 2.44 bits per heavy atom. The Hall–Kier alpha value is -3.86. The highest BCUT2D eigenvalue weighted by Crippen LogP contribution is 2.45. The summed E-state index contributed by atoms with van der Waals surface area (Å²) >= 11 is 0. The fraction of sp³-hybridized carbons (Fsp3) is 0.450. The van der Waals surface area contributed by atoms with E-state index >= 15 is 0 Å². The number of hydrogen-bond donors (Lipinski definition) is 0. The number of hydrogen-bond acceptors (Lipinski definition) is 4. The lowest BCUT2D eigenvalue weighted by atomic mass is 9.75. The quantitative estimate of drug-likeness (QED) is 0.198. The Morgan fingerprint density at radius 1 is 0.978 bits per heavy atom. The third-order valence-electron chi connectivity index (χ3n) is 10.0. The number of rotatable bonds is 7. The summed E-state index contributed by atoms with van der Waals surface area (Å²) in [6.45, 7) is 22.3. The molecule has 5 nitrogen and oxygen atoms in total. The maximum absolute atomic E-state index is 13.6. The molecular formula is C40H49N2O3+. The molecule has 45 heavy (non-hydrogen) atoms. The number of esters is 1. The number of likely N-dealkylation sites (N-methyl/N-ethyl adjacent to an activating group) is 2. The van der Waals surface area contributed by atoms with Crippen LogP contribution in [0.1, 0.15) is 96.6 Å². The van der Waals surface area contributed by atoms with E-state index in [-0.39, 0.29) is 29.1 Å². The zero-order valence-corrected chi connectivity index (χ0v) is 28.6. The second-order valence-corrected chi connectivity index (χ2v) is 14.0. The van der Waals surface area contributed by atoms with Crippen LogP contribution >= 0.6 is 0 Å². The van der Waals surface area contributed by atoms with E-state index in [2.05, 4.69) is 114 Å². The van der Waals surface area contributed by atoms with E-state index in [0.717, 1.165) is 48.0 Å². The van der Waals surface area contributed by atoms with Gasteiger partial charge in [0.2, 0.25) is 5.36 Å². The maximum Gasteiger partial charge on any atom is 0.338 e. The number of benzene rings is 2. The molecule has 0 N–H and O–H groups in total. The van der Waals surface area contributed by atoms with Crippen molar-refractivity contribution in [2.75, 3.05) is 19.7 Å². The molecule has 2 aromatic carbocycles. The molecule has 0 fully saturated rings. The van der Waals surface area contributed by atoms with Crippen LogP contribution in [-0.4, -0.2) is 47.7 Å². The van der Waals surface area contributed by atoms with E-state index < -0.39 is 0 Å². The van der Waals surface area contributed by atoms with Crippen LogP contribution in [0, 0.1) is 5.92 Å². The van der Waals surface area contributed by atoms with Crippen molar-refractivity contribution in [2.24, 2.45) is 5.92 Å². The molecule has 2 unspecified atom stereocenters. The highest BCUT2D eigenvalue weighted by atomic mass is 16.5. The molecule has 0 spiro atoms. The van der Waals surface area contributed by atoms with Gasteiger partial charge in [-0.15, -0.1) is 0 Å². The lowest BCUT2D eigenvalue weighted by Gasteiger charge is -2.47. The smallest absolute Gasteiger partial charge is 0.338 e. The Kier molecular flexibility index (Phi) is 7.95. The first-order valence-corrected chi connectivity index (χ1v) is 16.8. The first kappa shape index (κ1) is 31.1. The fourth-order valence-electron chi connectivity index (χ4n) is 8.13. The number of unbranched alkanes of at least 4 members (excludes halogenated alkanes) is 1. The Balaban J connectivity index is 1.66. The van der Waals surface area contributed by atoms with Crippen LogP contribution in [-0.2, 0) is 4.74 Å². The molecule has 236 valence electrons. The Bertz CT molecular complexity index is 1820. The van der Waals surface area contributed by atoms with Crippen LogP contribution in [0.3, 0.4) is 0 Å². The molecule has 4 aliphatic rings. The topological polar surface area (TPSA) is 41.8 Å². The lowest BCUT2D eigenvalue weighted by molar-refractivity contribution is 0.0499. The van der Waals surface area contributed by atoms with Crippen molar-refractivity contribution >= 4 is 17.1 Å². The first-order valence-electron chi connectivity index (χ1n) is 16.8. The Labute approximate surface area is 268 Å². The van der Waals surface area contributed by atoms with Gasteiger partial charge in [-0.3, -0.25) is 0 Å². The zero-order valence-electron chi connectivity index (χ0n) is 28.6. The normalized spacial score (nSPS) is 22.5. The number of ether oxygens (including phenoxy) is 2. The number of carbonyl (C=O) groups is 1. The molecule has 2 aromatic rings. The van der Waals surface area contributed by atoms with Gasteiger partial charge in [0.1, 0.15) is 18.4 Å². The van der Waals surface area contributed by atoms with E-state index in [1.807, 2.05) is 18.2 Å². The second kappa shape index (κ2) is 11.5. The summed E-state index contributed by atoms with van der Waals surface area (Å²) in [5.74, 6) is 0.521. The molecule has 0 saturated carbocycles. The summed E-state index contributed by atoms with van der Waals surface area (Å²) in [4.78, 5) is 16.1. The largest absolute Gasteiger partial charge is 0.484 e. The number of fused-ring (bicyclic) bond motifs is 4. The van der Waals surface area contributed by atoms with Gasteiger partial charge in [-0.25, -0.2) is 9.37 Å². The van der Waals surface area contributed by atoms with Crippen molar-refractivity contribution in [3.8, 4) is 5.75 Å². The van der Waals surface area contributed by atoms with Gasteiger partial charge < -0.3 is 14.4 Å². The van der Waals surface area contributed by atoms with Crippen molar-refractivity contribution in [3.05, 3.63) is 105 Å². The Morgan fingerprint density at radius 2 is 1.73 bits per heavy atom. The summed E-state index contributed by atoms with van der Waals surface area (Å²) in [7, 11) is 0. The number of allylic oxidation sites excluding steroid dienone is 2. The van der Waals surface area contributed by atoms with Gasteiger partial charge in [0.05, 0.1) is 23.8 Å². The van der Waals surface area contributed by atoms with E-state index in [1.54, 1.807) is 0 Å². The van der Waals surface area contributed by atoms with Crippen molar-refractivity contribution in [2.45, 2.75) is 92.3 Å². The average molecular weight is 606 g/mol. The van der Waals surface area contributed by atoms with E-state index in [9.17, 15) is 4.79 Å². The fourth-order valence-corrected chi connectivity index (χ4v) is 8.13. The van der Waals surface area contributed by atoms with Crippen LogP contribution in [0.25, 0.3) is 11.1 Å². The highest BCUT2D eigenvalue weighted by molar-refractivity contribution is 5.96. The molecule has 3 heterocycles.